The number of nitrogens with zero attached hydrogens (tertiary/aromatic N) is 2. The number of ether oxygens (including phenoxy) is 2. The highest BCUT2D eigenvalue weighted by molar-refractivity contribution is 8.26. The molecular weight excluding hydrogens is 508 g/mol. The number of thioether (sulfide) groups is 1. The number of carbonyl (C=O) groups excluding carboxylic acids is 3. The van der Waals surface area contributed by atoms with Crippen LogP contribution in [0.3, 0.4) is 0 Å². The van der Waals surface area contributed by atoms with Crippen LogP contribution in [0.25, 0.3) is 6.08 Å². The normalized spacial score (nSPS) is 14.1. The lowest BCUT2D eigenvalue weighted by Crippen LogP contribution is -2.41. The molecule has 188 valence electrons. The molecule has 0 aliphatic carbocycles. The number of methoxy groups -OCH3 is 2. The summed E-state index contributed by atoms with van der Waals surface area (Å²) in [6.45, 7) is 0.234. The first-order chi connectivity index (χ1) is 17.2. The number of non-ortho nitro benzene ring substituents is 1. The van der Waals surface area contributed by atoms with Gasteiger partial charge in [0.1, 0.15) is 4.32 Å². The van der Waals surface area contributed by atoms with Crippen LogP contribution in [-0.2, 0) is 9.59 Å². The fraction of sp³-hybridized carbons (Fsp3) is 0.217. The molecule has 36 heavy (non-hydrogen) atoms. The van der Waals surface area contributed by atoms with Gasteiger partial charge in [-0.3, -0.25) is 40.2 Å². The molecule has 1 fully saturated rings. The highest BCUT2D eigenvalue weighted by Crippen LogP contribution is 2.34. The first-order valence-corrected chi connectivity index (χ1v) is 11.8. The maximum Gasteiger partial charge on any atom is 0.269 e. The van der Waals surface area contributed by atoms with Gasteiger partial charge in [-0.05, 0) is 42.3 Å². The number of hydrazine groups is 1. The minimum atomic E-state index is -0.615. The Morgan fingerprint density at radius 2 is 1.81 bits per heavy atom. The van der Waals surface area contributed by atoms with E-state index in [1.165, 1.54) is 55.1 Å². The van der Waals surface area contributed by atoms with E-state index in [1.807, 2.05) is 0 Å². The molecule has 0 radical (unpaired) electrons. The number of amides is 3. The standard InChI is InChI=1S/C23H22N4O7S2/c1-33-17-10-5-14(12-18(17)34-2)13-19-22(30)26(23(35)36-19)11-3-4-20(28)24-25-21(29)15-6-8-16(9-7-15)27(31)32/h5-10,12-13H,3-4,11H2,1-2H3,(H,24,28)(H,25,29). The van der Waals surface area contributed by atoms with Crippen molar-refractivity contribution in [3.8, 4) is 11.5 Å². The van der Waals surface area contributed by atoms with Crippen LogP contribution in [0.1, 0.15) is 28.8 Å². The number of hydrogen-bond acceptors (Lipinski definition) is 9. The number of benzene rings is 2. The third-order valence-corrected chi connectivity index (χ3v) is 6.40. The average molecular weight is 531 g/mol. The topological polar surface area (TPSA) is 140 Å². The molecular formula is C23H22N4O7S2. The van der Waals surface area contributed by atoms with Crippen molar-refractivity contribution in [2.75, 3.05) is 20.8 Å². The Kier molecular flexibility index (Phi) is 8.97. The molecule has 0 spiro atoms. The van der Waals surface area contributed by atoms with Gasteiger partial charge in [-0.15, -0.1) is 0 Å². The van der Waals surface area contributed by atoms with E-state index in [-0.39, 0.29) is 30.1 Å². The van der Waals surface area contributed by atoms with E-state index in [2.05, 4.69) is 10.9 Å². The molecule has 11 nitrogen and oxygen atoms in total. The van der Waals surface area contributed by atoms with Crippen LogP contribution in [0.5, 0.6) is 11.5 Å². The van der Waals surface area contributed by atoms with Crippen molar-refractivity contribution < 1.29 is 28.8 Å². The Bertz CT molecular complexity index is 1230. The molecule has 0 bridgehead atoms. The summed E-state index contributed by atoms with van der Waals surface area (Å²) in [5.41, 5.74) is 5.28. The average Bonchev–Trinajstić information content (AvgIpc) is 3.14. The van der Waals surface area contributed by atoms with Crippen molar-refractivity contribution in [2.45, 2.75) is 12.8 Å². The first-order valence-electron chi connectivity index (χ1n) is 10.5. The maximum atomic E-state index is 12.8. The Hall–Kier alpha value is -3.97. The van der Waals surface area contributed by atoms with Crippen molar-refractivity contribution in [1.29, 1.82) is 0 Å². The zero-order chi connectivity index (χ0) is 26.2. The Balaban J connectivity index is 1.48. The number of nitro benzene ring substituents is 1. The lowest BCUT2D eigenvalue weighted by atomic mass is 10.2. The third kappa shape index (κ3) is 6.58. The summed E-state index contributed by atoms with van der Waals surface area (Å²) in [5.74, 6) is -0.225. The van der Waals surface area contributed by atoms with Gasteiger partial charge in [-0.2, -0.15) is 0 Å². The van der Waals surface area contributed by atoms with Crippen LogP contribution < -0.4 is 20.3 Å². The van der Waals surface area contributed by atoms with E-state index >= 15 is 0 Å². The summed E-state index contributed by atoms with van der Waals surface area (Å²) in [6.07, 6.45) is 2.06. The molecule has 3 rings (SSSR count). The fourth-order valence-corrected chi connectivity index (χ4v) is 4.49. The minimum absolute atomic E-state index is 0.0341. The number of nitro groups is 1. The van der Waals surface area contributed by atoms with Gasteiger partial charge in [-0.25, -0.2) is 0 Å². The van der Waals surface area contributed by atoms with Crippen LogP contribution in [0.2, 0.25) is 0 Å². The van der Waals surface area contributed by atoms with Crippen molar-refractivity contribution in [3.63, 3.8) is 0 Å². The number of hydrogen-bond donors (Lipinski definition) is 2. The third-order valence-electron chi connectivity index (χ3n) is 5.02. The molecule has 1 aliphatic heterocycles. The van der Waals surface area contributed by atoms with Crippen LogP contribution in [0.4, 0.5) is 5.69 Å². The lowest BCUT2D eigenvalue weighted by Gasteiger charge is -2.14. The smallest absolute Gasteiger partial charge is 0.269 e. The Morgan fingerprint density at radius 1 is 1.11 bits per heavy atom. The monoisotopic (exact) mass is 530 g/mol. The van der Waals surface area contributed by atoms with Crippen LogP contribution >= 0.6 is 24.0 Å². The van der Waals surface area contributed by atoms with Gasteiger partial charge in [0.25, 0.3) is 17.5 Å². The molecule has 1 aliphatic rings. The molecule has 0 atom stereocenters. The van der Waals surface area contributed by atoms with Gasteiger partial charge in [0, 0.05) is 30.7 Å². The molecule has 3 amide bonds. The van der Waals surface area contributed by atoms with Crippen molar-refractivity contribution in [3.05, 3.63) is 68.6 Å². The summed E-state index contributed by atoms with van der Waals surface area (Å²) in [7, 11) is 3.06. The SMILES string of the molecule is COc1ccc(C=C2SC(=S)N(CCCC(=O)NNC(=O)c3ccc([N+](=O)[O-])cc3)C2=O)cc1OC. The van der Waals surface area contributed by atoms with Crippen molar-refractivity contribution in [1.82, 2.24) is 15.8 Å². The van der Waals surface area contributed by atoms with Crippen LogP contribution in [0.15, 0.2) is 47.4 Å². The summed E-state index contributed by atoms with van der Waals surface area (Å²) in [4.78, 5) is 48.9. The highest BCUT2D eigenvalue weighted by Gasteiger charge is 2.31. The summed E-state index contributed by atoms with van der Waals surface area (Å²) in [5, 5.41) is 10.7. The van der Waals surface area contributed by atoms with E-state index in [4.69, 9.17) is 21.7 Å². The van der Waals surface area contributed by atoms with Crippen molar-refractivity contribution >= 4 is 57.8 Å². The zero-order valence-electron chi connectivity index (χ0n) is 19.3. The predicted octanol–water partition coefficient (Wildman–Crippen LogP) is 3.05. The second-order valence-corrected chi connectivity index (χ2v) is 9.03. The molecule has 13 heteroatoms. The Labute approximate surface area is 215 Å². The second-order valence-electron chi connectivity index (χ2n) is 7.36. The van der Waals surface area contributed by atoms with E-state index in [1.54, 1.807) is 24.3 Å². The van der Waals surface area contributed by atoms with E-state index < -0.39 is 16.7 Å². The largest absolute Gasteiger partial charge is 0.493 e. The maximum absolute atomic E-state index is 12.8. The van der Waals surface area contributed by atoms with Gasteiger partial charge in [0.05, 0.1) is 24.0 Å². The Morgan fingerprint density at radius 3 is 2.44 bits per heavy atom. The highest BCUT2D eigenvalue weighted by atomic mass is 32.2. The molecule has 2 N–H and O–H groups in total. The van der Waals surface area contributed by atoms with Crippen LogP contribution in [0, 0.1) is 10.1 Å². The van der Waals surface area contributed by atoms with Gasteiger partial charge in [0.15, 0.2) is 11.5 Å². The van der Waals surface area contributed by atoms with E-state index in [0.717, 1.165) is 5.56 Å². The molecule has 2 aromatic rings. The lowest BCUT2D eigenvalue weighted by molar-refractivity contribution is -0.384. The molecule has 2 aromatic carbocycles. The van der Waals surface area contributed by atoms with E-state index in [9.17, 15) is 24.5 Å². The second kappa shape index (κ2) is 12.1. The predicted molar refractivity (Wildman–Crippen MR) is 137 cm³/mol. The van der Waals surface area contributed by atoms with Crippen molar-refractivity contribution in [2.24, 2.45) is 0 Å². The first kappa shape index (κ1) is 26.6. The number of thiocarbonyl (C=S) groups is 1. The molecule has 1 saturated heterocycles. The summed E-state index contributed by atoms with van der Waals surface area (Å²) in [6, 6.07) is 10.2. The fourth-order valence-electron chi connectivity index (χ4n) is 3.18. The zero-order valence-corrected chi connectivity index (χ0v) is 20.9. The molecule has 0 aromatic heterocycles. The quantitative estimate of drug-likeness (QED) is 0.217. The minimum Gasteiger partial charge on any atom is -0.493 e. The number of rotatable bonds is 9. The van der Waals surface area contributed by atoms with Gasteiger partial charge >= 0.3 is 0 Å². The van der Waals surface area contributed by atoms with Gasteiger partial charge in [-0.1, -0.05) is 30.0 Å². The number of carbonyl (C=O) groups is 3. The van der Waals surface area contributed by atoms with Crippen LogP contribution in [-0.4, -0.2) is 52.6 Å². The van der Waals surface area contributed by atoms with Gasteiger partial charge in [0.2, 0.25) is 5.91 Å². The van der Waals surface area contributed by atoms with E-state index in [0.29, 0.717) is 27.1 Å². The summed E-state index contributed by atoms with van der Waals surface area (Å²) >= 11 is 6.50. The number of nitrogens with one attached hydrogen (secondary N) is 2. The molecule has 0 unspecified atom stereocenters. The molecule has 1 heterocycles. The summed E-state index contributed by atoms with van der Waals surface area (Å²) < 4.78 is 10.9. The van der Waals surface area contributed by atoms with Gasteiger partial charge < -0.3 is 9.47 Å². The molecule has 0 saturated carbocycles.